The Morgan fingerprint density at radius 2 is 1.67 bits per heavy atom. The standard InChI is InChI=1S/C21H33N3O5S/c1-15(2)14-19(20(25)22-24(16(3)4)30(5,28)29)18(21(26)23-27)13-9-12-17-10-7-6-8-11-17/h6-12,15-16,18-19,27H,13-14H2,1-5H3,(H,22,25)(H,23,26)/b12-9+/t18-,19+/m0/s1. The highest BCUT2D eigenvalue weighted by Gasteiger charge is 2.35. The first-order valence-electron chi connectivity index (χ1n) is 9.92. The van der Waals surface area contributed by atoms with E-state index in [0.717, 1.165) is 16.2 Å². The molecule has 8 nitrogen and oxygen atoms in total. The van der Waals surface area contributed by atoms with Gasteiger partial charge in [0.1, 0.15) is 0 Å². The maximum atomic E-state index is 13.0. The van der Waals surface area contributed by atoms with Crippen molar-refractivity contribution in [3.63, 3.8) is 0 Å². The maximum Gasteiger partial charge on any atom is 0.247 e. The van der Waals surface area contributed by atoms with Gasteiger partial charge in [0.25, 0.3) is 0 Å². The Morgan fingerprint density at radius 3 is 2.13 bits per heavy atom. The number of allylic oxidation sites excluding steroid dienone is 1. The van der Waals surface area contributed by atoms with E-state index in [2.05, 4.69) is 5.43 Å². The maximum absolute atomic E-state index is 13.0. The Morgan fingerprint density at radius 1 is 1.07 bits per heavy atom. The molecule has 0 heterocycles. The van der Waals surface area contributed by atoms with E-state index in [-0.39, 0.29) is 12.3 Å². The van der Waals surface area contributed by atoms with Crippen LogP contribution in [-0.4, -0.2) is 42.2 Å². The lowest BCUT2D eigenvalue weighted by Crippen LogP contribution is -2.53. The Balaban J connectivity index is 3.15. The molecule has 9 heteroatoms. The topological polar surface area (TPSA) is 116 Å². The van der Waals surface area contributed by atoms with Gasteiger partial charge in [-0.05, 0) is 38.2 Å². The molecule has 0 bridgehead atoms. The van der Waals surface area contributed by atoms with Crippen molar-refractivity contribution in [3.05, 3.63) is 42.0 Å². The monoisotopic (exact) mass is 439 g/mol. The normalized spacial score (nSPS) is 14.3. The molecule has 0 aromatic heterocycles. The summed E-state index contributed by atoms with van der Waals surface area (Å²) >= 11 is 0. The van der Waals surface area contributed by atoms with Crippen LogP contribution in [0.5, 0.6) is 0 Å². The van der Waals surface area contributed by atoms with E-state index in [1.54, 1.807) is 25.4 Å². The predicted octanol–water partition coefficient (Wildman–Crippen LogP) is 2.58. The zero-order valence-corrected chi connectivity index (χ0v) is 19.0. The van der Waals surface area contributed by atoms with Crippen LogP contribution in [0.2, 0.25) is 0 Å². The summed E-state index contributed by atoms with van der Waals surface area (Å²) in [5, 5.41) is 9.22. The largest absolute Gasteiger partial charge is 0.289 e. The number of carbonyl (C=O) groups excluding carboxylic acids is 2. The lowest BCUT2D eigenvalue weighted by molar-refractivity contribution is -0.142. The molecule has 0 radical (unpaired) electrons. The van der Waals surface area contributed by atoms with Crippen LogP contribution in [0.25, 0.3) is 6.08 Å². The molecule has 2 amide bonds. The number of hydrazine groups is 1. The zero-order valence-electron chi connectivity index (χ0n) is 18.2. The highest BCUT2D eigenvalue weighted by Crippen LogP contribution is 2.26. The van der Waals surface area contributed by atoms with Crippen LogP contribution in [0, 0.1) is 17.8 Å². The summed E-state index contributed by atoms with van der Waals surface area (Å²) in [7, 11) is -3.69. The number of benzene rings is 1. The van der Waals surface area contributed by atoms with Crippen molar-refractivity contribution in [1.29, 1.82) is 0 Å². The number of hydrogen-bond acceptors (Lipinski definition) is 5. The second-order valence-corrected chi connectivity index (χ2v) is 9.86. The lowest BCUT2D eigenvalue weighted by Gasteiger charge is -2.30. The first-order valence-corrected chi connectivity index (χ1v) is 11.8. The van der Waals surface area contributed by atoms with E-state index in [0.29, 0.717) is 6.42 Å². The van der Waals surface area contributed by atoms with E-state index in [1.165, 1.54) is 0 Å². The van der Waals surface area contributed by atoms with Crippen molar-refractivity contribution < 1.29 is 23.2 Å². The first-order chi connectivity index (χ1) is 14.0. The number of hydroxylamine groups is 1. The van der Waals surface area contributed by atoms with E-state index < -0.39 is 39.7 Å². The number of sulfonamides is 1. The Labute approximate surface area is 179 Å². The summed E-state index contributed by atoms with van der Waals surface area (Å²) in [6.45, 7) is 7.09. The lowest BCUT2D eigenvalue weighted by atomic mass is 9.82. The van der Waals surface area contributed by atoms with Crippen LogP contribution < -0.4 is 10.9 Å². The van der Waals surface area contributed by atoms with Crippen molar-refractivity contribution in [3.8, 4) is 0 Å². The zero-order chi connectivity index (χ0) is 22.9. The third kappa shape index (κ3) is 8.25. The Kier molecular flexibility index (Phi) is 10.2. The third-order valence-corrected chi connectivity index (χ3v) is 5.77. The number of nitrogens with one attached hydrogen (secondary N) is 2. The average Bonchev–Trinajstić information content (AvgIpc) is 2.66. The van der Waals surface area contributed by atoms with E-state index in [1.807, 2.05) is 50.3 Å². The fraction of sp³-hybridized carbons (Fsp3) is 0.524. The van der Waals surface area contributed by atoms with Gasteiger partial charge in [-0.2, -0.15) is 0 Å². The number of carbonyl (C=O) groups is 2. The molecule has 0 saturated heterocycles. The van der Waals surface area contributed by atoms with Crippen molar-refractivity contribution in [2.45, 2.75) is 46.6 Å². The molecule has 0 saturated carbocycles. The summed E-state index contributed by atoms with van der Waals surface area (Å²) in [4.78, 5) is 25.4. The van der Waals surface area contributed by atoms with Gasteiger partial charge in [0.05, 0.1) is 18.1 Å². The molecule has 0 aliphatic carbocycles. The molecular weight excluding hydrogens is 406 g/mol. The summed E-state index contributed by atoms with van der Waals surface area (Å²) < 4.78 is 24.9. The summed E-state index contributed by atoms with van der Waals surface area (Å²) in [6, 6.07) is 8.98. The fourth-order valence-corrected chi connectivity index (χ4v) is 4.22. The molecule has 30 heavy (non-hydrogen) atoms. The molecule has 0 spiro atoms. The Bertz CT molecular complexity index is 822. The van der Waals surface area contributed by atoms with Gasteiger partial charge in [-0.25, -0.2) is 13.9 Å². The molecule has 168 valence electrons. The molecule has 2 atom stereocenters. The fourth-order valence-electron chi connectivity index (χ4n) is 3.20. The molecule has 0 aliphatic heterocycles. The molecule has 0 unspecified atom stereocenters. The third-order valence-electron chi connectivity index (χ3n) is 4.54. The smallest absolute Gasteiger partial charge is 0.247 e. The van der Waals surface area contributed by atoms with Crippen molar-refractivity contribution in [2.75, 3.05) is 6.26 Å². The van der Waals surface area contributed by atoms with E-state index in [4.69, 9.17) is 0 Å². The van der Waals surface area contributed by atoms with Crippen LogP contribution in [-0.2, 0) is 19.6 Å². The van der Waals surface area contributed by atoms with Crippen LogP contribution in [0.15, 0.2) is 36.4 Å². The quantitative estimate of drug-likeness (QED) is 0.362. The van der Waals surface area contributed by atoms with Crippen molar-refractivity contribution >= 4 is 27.9 Å². The number of rotatable bonds is 11. The second-order valence-electron chi connectivity index (χ2n) is 8.00. The SMILES string of the molecule is CC(C)C[C@@H](C(=O)NN(C(C)C)S(C)(=O)=O)[C@H](C/C=C/c1ccccc1)C(=O)NO. The minimum Gasteiger partial charge on any atom is -0.289 e. The first kappa shape index (κ1) is 25.8. The highest BCUT2D eigenvalue weighted by molar-refractivity contribution is 7.88. The molecular formula is C21H33N3O5S. The van der Waals surface area contributed by atoms with Crippen LogP contribution in [0.4, 0.5) is 0 Å². The minimum atomic E-state index is -3.69. The predicted molar refractivity (Wildman–Crippen MR) is 116 cm³/mol. The van der Waals surface area contributed by atoms with E-state index in [9.17, 15) is 23.2 Å². The minimum absolute atomic E-state index is 0.0681. The van der Waals surface area contributed by atoms with Gasteiger partial charge in [0.2, 0.25) is 21.8 Å². The van der Waals surface area contributed by atoms with Gasteiger partial charge < -0.3 is 0 Å². The van der Waals surface area contributed by atoms with Gasteiger partial charge in [-0.15, -0.1) is 4.41 Å². The van der Waals surface area contributed by atoms with Crippen LogP contribution in [0.1, 0.15) is 46.1 Å². The molecule has 1 aromatic carbocycles. The highest BCUT2D eigenvalue weighted by atomic mass is 32.2. The number of hydrogen-bond donors (Lipinski definition) is 3. The molecule has 0 fully saturated rings. The molecule has 1 rings (SSSR count). The van der Waals surface area contributed by atoms with E-state index >= 15 is 0 Å². The van der Waals surface area contributed by atoms with Gasteiger partial charge in [0.15, 0.2) is 0 Å². The van der Waals surface area contributed by atoms with Crippen LogP contribution >= 0.6 is 0 Å². The second kappa shape index (κ2) is 11.8. The van der Waals surface area contributed by atoms with Crippen molar-refractivity contribution in [2.24, 2.45) is 17.8 Å². The molecule has 3 N–H and O–H groups in total. The molecule has 0 aliphatic rings. The summed E-state index contributed by atoms with van der Waals surface area (Å²) in [5.74, 6) is -2.90. The summed E-state index contributed by atoms with van der Waals surface area (Å²) in [5.41, 5.74) is 5.03. The number of amides is 2. The van der Waals surface area contributed by atoms with Gasteiger partial charge in [-0.1, -0.05) is 56.3 Å². The van der Waals surface area contributed by atoms with Gasteiger partial charge in [0, 0.05) is 6.04 Å². The number of nitrogens with zero attached hydrogens (tertiary/aromatic N) is 1. The van der Waals surface area contributed by atoms with Crippen molar-refractivity contribution in [1.82, 2.24) is 15.3 Å². The average molecular weight is 440 g/mol. The van der Waals surface area contributed by atoms with Gasteiger partial charge >= 0.3 is 0 Å². The van der Waals surface area contributed by atoms with Crippen LogP contribution in [0.3, 0.4) is 0 Å². The Hall–Kier alpha value is -2.23. The summed E-state index contributed by atoms with van der Waals surface area (Å²) in [6.07, 6.45) is 5.15. The van der Waals surface area contributed by atoms with Gasteiger partial charge in [-0.3, -0.25) is 20.2 Å². The molecule has 1 aromatic rings.